The minimum atomic E-state index is -0.483. The van der Waals surface area contributed by atoms with Crippen LogP contribution in [-0.4, -0.2) is 29.5 Å². The monoisotopic (exact) mass is 330 g/mol. The van der Waals surface area contributed by atoms with Crippen LogP contribution in [0.4, 0.5) is 0 Å². The van der Waals surface area contributed by atoms with E-state index in [9.17, 15) is 5.11 Å². The minimum Gasteiger partial charge on any atom is -0.396 e. The van der Waals surface area contributed by atoms with Gasteiger partial charge in [-0.2, -0.15) is 0 Å². The lowest BCUT2D eigenvalue weighted by atomic mass is 9.72. The molecule has 24 heavy (non-hydrogen) atoms. The standard InChI is InChI=1S/C21H30O3/c1-21(2)15-18(20(23)9-6-13-22)10-11-19(21)12-14-24-16-17-7-4-3-5-8-17/h3-5,7-8,10-11,15,19-20,22-23H,6,9,12-14,16H2,1-2H3. The SMILES string of the molecule is CC1(C)C=C(C(O)CCCO)C=CC1CCOCc1ccccc1. The first-order valence-electron chi connectivity index (χ1n) is 8.84. The fourth-order valence-electron chi connectivity index (χ4n) is 3.16. The highest BCUT2D eigenvalue weighted by Crippen LogP contribution is 2.38. The molecule has 1 aromatic carbocycles. The third-order valence-corrected chi connectivity index (χ3v) is 4.72. The molecular weight excluding hydrogens is 300 g/mol. The second-order valence-electron chi connectivity index (χ2n) is 7.14. The summed E-state index contributed by atoms with van der Waals surface area (Å²) in [5, 5.41) is 19.1. The zero-order chi connectivity index (χ0) is 17.4. The van der Waals surface area contributed by atoms with E-state index in [4.69, 9.17) is 9.84 Å². The fourth-order valence-corrected chi connectivity index (χ4v) is 3.16. The topological polar surface area (TPSA) is 49.7 Å². The Labute approximate surface area is 145 Å². The van der Waals surface area contributed by atoms with Gasteiger partial charge in [-0.3, -0.25) is 0 Å². The molecule has 0 heterocycles. The van der Waals surface area contributed by atoms with Crippen molar-refractivity contribution in [3.05, 3.63) is 59.7 Å². The smallest absolute Gasteiger partial charge is 0.0787 e. The van der Waals surface area contributed by atoms with Gasteiger partial charge in [0, 0.05) is 13.2 Å². The molecule has 0 aromatic heterocycles. The lowest BCUT2D eigenvalue weighted by molar-refractivity contribution is 0.0999. The maximum Gasteiger partial charge on any atom is 0.0787 e. The van der Waals surface area contributed by atoms with Gasteiger partial charge < -0.3 is 14.9 Å². The average Bonchev–Trinajstić information content (AvgIpc) is 2.58. The van der Waals surface area contributed by atoms with Gasteiger partial charge in [-0.05, 0) is 41.7 Å². The van der Waals surface area contributed by atoms with Crippen molar-refractivity contribution in [3.63, 3.8) is 0 Å². The summed E-state index contributed by atoms with van der Waals surface area (Å²) in [7, 11) is 0. The van der Waals surface area contributed by atoms with E-state index < -0.39 is 6.10 Å². The molecule has 0 radical (unpaired) electrons. The Morgan fingerprint density at radius 1 is 1.21 bits per heavy atom. The average molecular weight is 330 g/mol. The van der Waals surface area contributed by atoms with E-state index in [0.717, 1.165) is 18.6 Å². The van der Waals surface area contributed by atoms with Crippen molar-refractivity contribution >= 4 is 0 Å². The summed E-state index contributed by atoms with van der Waals surface area (Å²) in [6.45, 7) is 5.91. The predicted molar refractivity (Wildman–Crippen MR) is 97.5 cm³/mol. The van der Waals surface area contributed by atoms with Crippen LogP contribution in [0.5, 0.6) is 0 Å². The van der Waals surface area contributed by atoms with Crippen molar-refractivity contribution in [1.29, 1.82) is 0 Å². The summed E-state index contributed by atoms with van der Waals surface area (Å²) < 4.78 is 5.81. The van der Waals surface area contributed by atoms with Crippen molar-refractivity contribution in [2.75, 3.05) is 13.2 Å². The van der Waals surface area contributed by atoms with Crippen molar-refractivity contribution in [3.8, 4) is 0 Å². The van der Waals surface area contributed by atoms with Crippen molar-refractivity contribution in [2.45, 2.75) is 45.8 Å². The van der Waals surface area contributed by atoms with E-state index in [1.54, 1.807) is 0 Å². The summed E-state index contributed by atoms with van der Waals surface area (Å²) in [5.74, 6) is 0.405. The predicted octanol–water partition coefficient (Wildman–Crippen LogP) is 3.87. The number of aliphatic hydroxyl groups is 2. The lowest BCUT2D eigenvalue weighted by Gasteiger charge is -2.34. The highest BCUT2D eigenvalue weighted by molar-refractivity contribution is 5.31. The van der Waals surface area contributed by atoms with Gasteiger partial charge in [0.15, 0.2) is 0 Å². The van der Waals surface area contributed by atoms with Crippen molar-refractivity contribution in [2.24, 2.45) is 11.3 Å². The molecule has 2 unspecified atom stereocenters. The normalized spacial score (nSPS) is 20.7. The molecule has 2 rings (SSSR count). The zero-order valence-electron chi connectivity index (χ0n) is 14.8. The number of allylic oxidation sites excluding steroid dienone is 2. The third-order valence-electron chi connectivity index (χ3n) is 4.72. The van der Waals surface area contributed by atoms with Crippen LogP contribution in [0, 0.1) is 11.3 Å². The Bertz CT molecular complexity index is 545. The van der Waals surface area contributed by atoms with E-state index in [0.29, 0.717) is 25.4 Å². The number of benzene rings is 1. The number of aliphatic hydroxyl groups excluding tert-OH is 2. The second-order valence-corrected chi connectivity index (χ2v) is 7.14. The van der Waals surface area contributed by atoms with Crippen LogP contribution < -0.4 is 0 Å². The Morgan fingerprint density at radius 3 is 2.62 bits per heavy atom. The van der Waals surface area contributed by atoms with E-state index in [1.165, 1.54) is 5.56 Å². The molecule has 0 fully saturated rings. The van der Waals surface area contributed by atoms with Gasteiger partial charge in [0.05, 0.1) is 12.7 Å². The number of rotatable bonds is 9. The first kappa shape index (κ1) is 18.9. The van der Waals surface area contributed by atoms with Crippen LogP contribution in [0.25, 0.3) is 0 Å². The Morgan fingerprint density at radius 2 is 1.96 bits per heavy atom. The highest BCUT2D eigenvalue weighted by Gasteiger charge is 2.29. The summed E-state index contributed by atoms with van der Waals surface area (Å²) in [5.41, 5.74) is 2.17. The van der Waals surface area contributed by atoms with Crippen molar-refractivity contribution < 1.29 is 14.9 Å². The third kappa shape index (κ3) is 5.59. The summed E-state index contributed by atoms with van der Waals surface area (Å²) >= 11 is 0. The largest absolute Gasteiger partial charge is 0.396 e. The highest BCUT2D eigenvalue weighted by atomic mass is 16.5. The van der Waals surface area contributed by atoms with Gasteiger partial charge >= 0.3 is 0 Å². The lowest BCUT2D eigenvalue weighted by Crippen LogP contribution is -2.26. The van der Waals surface area contributed by atoms with Crippen LogP contribution in [0.3, 0.4) is 0 Å². The Hall–Kier alpha value is -1.42. The van der Waals surface area contributed by atoms with E-state index >= 15 is 0 Å². The fraction of sp³-hybridized carbons (Fsp3) is 0.524. The molecule has 2 N–H and O–H groups in total. The Kier molecular flexibility index (Phi) is 7.22. The maximum atomic E-state index is 10.2. The second kappa shape index (κ2) is 9.16. The molecule has 3 nitrogen and oxygen atoms in total. The molecule has 0 aliphatic heterocycles. The van der Waals surface area contributed by atoms with E-state index in [1.807, 2.05) is 24.3 Å². The zero-order valence-corrected chi connectivity index (χ0v) is 14.8. The van der Waals surface area contributed by atoms with Crippen LogP contribution >= 0.6 is 0 Å². The van der Waals surface area contributed by atoms with Crippen LogP contribution in [0.2, 0.25) is 0 Å². The summed E-state index contributed by atoms with van der Waals surface area (Å²) in [4.78, 5) is 0. The molecule has 1 aliphatic carbocycles. The molecule has 132 valence electrons. The molecule has 1 aliphatic rings. The van der Waals surface area contributed by atoms with Gasteiger partial charge in [-0.25, -0.2) is 0 Å². The minimum absolute atomic E-state index is 0.000382. The quantitative estimate of drug-likeness (QED) is 0.676. The molecule has 0 bridgehead atoms. The van der Waals surface area contributed by atoms with Gasteiger partial charge in [0.1, 0.15) is 0 Å². The number of ether oxygens (including phenoxy) is 1. The summed E-state index contributed by atoms with van der Waals surface area (Å²) in [6, 6.07) is 10.2. The van der Waals surface area contributed by atoms with Gasteiger partial charge in [-0.1, -0.05) is 62.4 Å². The molecule has 0 amide bonds. The molecule has 3 heteroatoms. The molecule has 0 spiro atoms. The first-order chi connectivity index (χ1) is 11.5. The molecule has 0 saturated heterocycles. The van der Waals surface area contributed by atoms with Gasteiger partial charge in [0.25, 0.3) is 0 Å². The number of hydrogen-bond donors (Lipinski definition) is 2. The van der Waals surface area contributed by atoms with Gasteiger partial charge in [-0.15, -0.1) is 0 Å². The first-order valence-corrected chi connectivity index (χ1v) is 8.84. The summed E-state index contributed by atoms with van der Waals surface area (Å²) in [6.07, 6.45) is 8.13. The molecule has 0 saturated carbocycles. The molecule has 1 aromatic rings. The van der Waals surface area contributed by atoms with E-state index in [2.05, 4.69) is 38.1 Å². The van der Waals surface area contributed by atoms with Crippen molar-refractivity contribution in [1.82, 2.24) is 0 Å². The maximum absolute atomic E-state index is 10.2. The van der Waals surface area contributed by atoms with Crippen LogP contribution in [0.15, 0.2) is 54.1 Å². The van der Waals surface area contributed by atoms with Crippen LogP contribution in [-0.2, 0) is 11.3 Å². The van der Waals surface area contributed by atoms with E-state index in [-0.39, 0.29) is 12.0 Å². The number of hydrogen-bond acceptors (Lipinski definition) is 3. The Balaban J connectivity index is 1.80. The molecular formula is C21H30O3. The van der Waals surface area contributed by atoms with Gasteiger partial charge in [0.2, 0.25) is 0 Å². The van der Waals surface area contributed by atoms with Crippen LogP contribution in [0.1, 0.15) is 38.7 Å². The molecule has 2 atom stereocenters.